The van der Waals surface area contributed by atoms with E-state index in [1.165, 1.54) is 0 Å². The second-order valence-corrected chi connectivity index (χ2v) is 6.82. The van der Waals surface area contributed by atoms with Crippen LogP contribution in [0.15, 0.2) is 18.2 Å². The van der Waals surface area contributed by atoms with Gasteiger partial charge in [0.1, 0.15) is 0 Å². The van der Waals surface area contributed by atoms with E-state index in [-0.39, 0.29) is 5.91 Å². The van der Waals surface area contributed by atoms with Crippen LogP contribution in [0.2, 0.25) is 0 Å². The Kier molecular flexibility index (Phi) is 5.46. The summed E-state index contributed by atoms with van der Waals surface area (Å²) in [7, 11) is 3.12. The third kappa shape index (κ3) is 4.24. The fourth-order valence-electron chi connectivity index (χ4n) is 3.26. The number of nitrogens with one attached hydrogen (secondary N) is 1. The molecular formula is C19H26N2O4. The van der Waals surface area contributed by atoms with Crippen molar-refractivity contribution in [3.05, 3.63) is 23.8 Å². The van der Waals surface area contributed by atoms with Gasteiger partial charge in [-0.2, -0.15) is 0 Å². The van der Waals surface area contributed by atoms with Gasteiger partial charge in [-0.15, -0.1) is 0 Å². The van der Waals surface area contributed by atoms with Gasteiger partial charge in [-0.1, -0.05) is 0 Å². The minimum absolute atomic E-state index is 0.113. The first kappa shape index (κ1) is 17.6. The number of likely N-dealkylation sites (tertiary alicyclic amines) is 1. The lowest BCUT2D eigenvalue weighted by atomic mass is 9.96. The molecule has 2 fully saturated rings. The van der Waals surface area contributed by atoms with Gasteiger partial charge in [0.05, 0.1) is 14.2 Å². The van der Waals surface area contributed by atoms with E-state index in [4.69, 9.17) is 9.47 Å². The zero-order valence-corrected chi connectivity index (χ0v) is 14.9. The van der Waals surface area contributed by atoms with Crippen LogP contribution in [0.3, 0.4) is 0 Å². The molecule has 136 valence electrons. The fraction of sp³-hybridized carbons (Fsp3) is 0.579. The number of nitrogens with zero attached hydrogens (tertiary/aromatic N) is 1. The average molecular weight is 346 g/mol. The van der Waals surface area contributed by atoms with Crippen LogP contribution in [-0.2, 0) is 4.79 Å². The zero-order valence-electron chi connectivity index (χ0n) is 14.9. The Morgan fingerprint density at radius 1 is 1.08 bits per heavy atom. The van der Waals surface area contributed by atoms with Gasteiger partial charge in [-0.25, -0.2) is 0 Å². The van der Waals surface area contributed by atoms with Gasteiger partial charge in [0, 0.05) is 31.1 Å². The number of piperidine rings is 1. The average Bonchev–Trinajstić information content (AvgIpc) is 3.50. The van der Waals surface area contributed by atoms with E-state index < -0.39 is 0 Å². The Morgan fingerprint density at radius 2 is 1.76 bits per heavy atom. The van der Waals surface area contributed by atoms with Crippen LogP contribution in [0.4, 0.5) is 0 Å². The van der Waals surface area contributed by atoms with E-state index in [0.29, 0.717) is 41.4 Å². The lowest BCUT2D eigenvalue weighted by Crippen LogP contribution is -2.42. The molecule has 1 aliphatic heterocycles. The molecule has 0 unspecified atom stereocenters. The van der Waals surface area contributed by atoms with E-state index in [2.05, 4.69) is 5.32 Å². The molecule has 2 amide bonds. The van der Waals surface area contributed by atoms with E-state index in [0.717, 1.165) is 38.8 Å². The van der Waals surface area contributed by atoms with E-state index in [1.54, 1.807) is 32.4 Å². The minimum atomic E-state index is -0.113. The highest BCUT2D eigenvalue weighted by molar-refractivity contribution is 5.94. The first-order valence-corrected chi connectivity index (χ1v) is 8.91. The molecule has 1 N–H and O–H groups in total. The smallest absolute Gasteiger partial charge is 0.251 e. The van der Waals surface area contributed by atoms with Crippen LogP contribution in [0.5, 0.6) is 11.5 Å². The van der Waals surface area contributed by atoms with Crippen molar-refractivity contribution in [2.75, 3.05) is 33.9 Å². The van der Waals surface area contributed by atoms with Crippen LogP contribution in [0.1, 0.15) is 36.0 Å². The molecule has 3 rings (SSSR count). The molecule has 0 radical (unpaired) electrons. The molecule has 6 heteroatoms. The molecule has 1 aliphatic carbocycles. The highest BCUT2D eigenvalue weighted by atomic mass is 16.5. The van der Waals surface area contributed by atoms with Gasteiger partial charge >= 0.3 is 0 Å². The number of carbonyl (C=O) groups is 2. The predicted octanol–water partition coefficient (Wildman–Crippen LogP) is 2.08. The maximum Gasteiger partial charge on any atom is 0.251 e. The van der Waals surface area contributed by atoms with E-state index >= 15 is 0 Å². The molecule has 25 heavy (non-hydrogen) atoms. The first-order chi connectivity index (χ1) is 12.1. The SMILES string of the molecule is COc1ccc(C(=O)NCC2CCN(C(=O)C3CC3)CC2)cc1OC. The largest absolute Gasteiger partial charge is 0.493 e. The second kappa shape index (κ2) is 7.76. The fourth-order valence-corrected chi connectivity index (χ4v) is 3.26. The van der Waals surface area contributed by atoms with Gasteiger partial charge in [0.2, 0.25) is 5.91 Å². The molecule has 1 aromatic rings. The summed E-state index contributed by atoms with van der Waals surface area (Å²) in [5.74, 6) is 2.08. The number of rotatable bonds is 6. The van der Waals surface area contributed by atoms with Crippen molar-refractivity contribution in [1.82, 2.24) is 10.2 Å². The molecule has 0 aromatic heterocycles. The Bertz CT molecular complexity index is 634. The summed E-state index contributed by atoms with van der Waals surface area (Å²) in [5.41, 5.74) is 0.555. The maximum atomic E-state index is 12.4. The Labute approximate surface area is 148 Å². The quantitative estimate of drug-likeness (QED) is 0.856. The molecule has 0 spiro atoms. The third-order valence-corrected chi connectivity index (χ3v) is 5.05. The van der Waals surface area contributed by atoms with Crippen molar-refractivity contribution in [2.24, 2.45) is 11.8 Å². The molecular weight excluding hydrogens is 320 g/mol. The van der Waals surface area contributed by atoms with Crippen molar-refractivity contribution in [3.8, 4) is 11.5 Å². The van der Waals surface area contributed by atoms with Gasteiger partial charge in [0.15, 0.2) is 11.5 Å². The molecule has 0 atom stereocenters. The summed E-state index contributed by atoms with van der Waals surface area (Å²) in [6.45, 7) is 2.26. The summed E-state index contributed by atoms with van der Waals surface area (Å²) in [6, 6.07) is 5.15. The molecule has 1 aromatic carbocycles. The van der Waals surface area contributed by atoms with Crippen molar-refractivity contribution in [1.29, 1.82) is 0 Å². The number of amides is 2. The van der Waals surface area contributed by atoms with Crippen LogP contribution in [0.25, 0.3) is 0 Å². The zero-order chi connectivity index (χ0) is 17.8. The standard InChI is InChI=1S/C19H26N2O4/c1-24-16-6-5-15(11-17(16)25-2)18(22)20-12-13-7-9-21(10-8-13)19(23)14-3-4-14/h5-6,11,13-14H,3-4,7-10,12H2,1-2H3,(H,20,22). The topological polar surface area (TPSA) is 67.9 Å². The van der Waals surface area contributed by atoms with Crippen LogP contribution in [0, 0.1) is 11.8 Å². The van der Waals surface area contributed by atoms with Gasteiger partial charge < -0.3 is 19.7 Å². The summed E-state index contributed by atoms with van der Waals surface area (Å²) in [5, 5.41) is 3.00. The Balaban J connectivity index is 1.47. The monoisotopic (exact) mass is 346 g/mol. The highest BCUT2D eigenvalue weighted by Gasteiger charge is 2.34. The highest BCUT2D eigenvalue weighted by Crippen LogP contribution is 2.32. The summed E-state index contributed by atoms with van der Waals surface area (Å²) < 4.78 is 10.4. The normalized spacial score (nSPS) is 17.9. The van der Waals surface area contributed by atoms with Crippen LogP contribution >= 0.6 is 0 Å². The van der Waals surface area contributed by atoms with Crippen molar-refractivity contribution >= 4 is 11.8 Å². The third-order valence-electron chi connectivity index (χ3n) is 5.05. The summed E-state index contributed by atoms with van der Waals surface area (Å²) in [6.07, 6.45) is 4.01. The van der Waals surface area contributed by atoms with E-state index in [1.807, 2.05) is 4.90 Å². The lowest BCUT2D eigenvalue weighted by molar-refractivity contribution is -0.133. The number of hydrogen-bond acceptors (Lipinski definition) is 4. The molecule has 1 saturated heterocycles. The lowest BCUT2D eigenvalue weighted by Gasteiger charge is -2.32. The van der Waals surface area contributed by atoms with E-state index in [9.17, 15) is 9.59 Å². The number of hydrogen-bond donors (Lipinski definition) is 1. The number of methoxy groups -OCH3 is 2. The molecule has 6 nitrogen and oxygen atoms in total. The van der Waals surface area contributed by atoms with Gasteiger partial charge in [-0.3, -0.25) is 9.59 Å². The van der Waals surface area contributed by atoms with Crippen molar-refractivity contribution in [3.63, 3.8) is 0 Å². The predicted molar refractivity (Wildman–Crippen MR) is 93.9 cm³/mol. The molecule has 2 aliphatic rings. The second-order valence-electron chi connectivity index (χ2n) is 6.82. The Hall–Kier alpha value is -2.24. The Morgan fingerprint density at radius 3 is 2.36 bits per heavy atom. The summed E-state index contributed by atoms with van der Waals surface area (Å²) >= 11 is 0. The number of carbonyl (C=O) groups excluding carboxylic acids is 2. The minimum Gasteiger partial charge on any atom is -0.493 e. The van der Waals surface area contributed by atoms with Crippen molar-refractivity contribution < 1.29 is 19.1 Å². The van der Waals surface area contributed by atoms with Crippen LogP contribution in [-0.4, -0.2) is 50.6 Å². The first-order valence-electron chi connectivity index (χ1n) is 8.91. The number of benzene rings is 1. The van der Waals surface area contributed by atoms with Gasteiger partial charge in [-0.05, 0) is 49.8 Å². The molecule has 0 bridgehead atoms. The van der Waals surface area contributed by atoms with Crippen molar-refractivity contribution in [2.45, 2.75) is 25.7 Å². The maximum absolute atomic E-state index is 12.4. The molecule has 1 heterocycles. The van der Waals surface area contributed by atoms with Crippen LogP contribution < -0.4 is 14.8 Å². The molecule has 1 saturated carbocycles. The summed E-state index contributed by atoms with van der Waals surface area (Å²) in [4.78, 5) is 26.4. The van der Waals surface area contributed by atoms with Gasteiger partial charge in [0.25, 0.3) is 5.91 Å². The number of ether oxygens (including phenoxy) is 2.